The first-order valence-corrected chi connectivity index (χ1v) is 14.8. The number of nitrogens with zero attached hydrogens (tertiary/aromatic N) is 1. The van der Waals surface area contributed by atoms with Crippen LogP contribution in [0.1, 0.15) is 74.5 Å². The molecule has 1 aliphatic carbocycles. The molecule has 1 aliphatic heterocycles. The highest BCUT2D eigenvalue weighted by molar-refractivity contribution is 5.75. The van der Waals surface area contributed by atoms with Crippen molar-refractivity contribution >= 4 is 5.97 Å². The van der Waals surface area contributed by atoms with E-state index in [-0.39, 0.29) is 17.8 Å². The van der Waals surface area contributed by atoms with E-state index < -0.39 is 5.92 Å². The molecule has 1 unspecified atom stereocenters. The van der Waals surface area contributed by atoms with Crippen molar-refractivity contribution in [2.75, 3.05) is 7.11 Å². The molecule has 0 saturated heterocycles. The Hall–Kier alpha value is -4.44. The molecular weight excluding hydrogens is 528 g/mol. The zero-order valence-electron chi connectivity index (χ0n) is 24.3. The van der Waals surface area contributed by atoms with E-state index in [1.807, 2.05) is 54.6 Å². The monoisotopic (exact) mass is 566 g/mol. The van der Waals surface area contributed by atoms with Gasteiger partial charge in [-0.1, -0.05) is 68.7 Å². The minimum atomic E-state index is -0.487. The molecule has 218 valence electrons. The Morgan fingerprint density at radius 2 is 1.81 bits per heavy atom. The van der Waals surface area contributed by atoms with Gasteiger partial charge >= 0.3 is 5.97 Å². The number of nitriles is 1. The van der Waals surface area contributed by atoms with Crippen molar-refractivity contribution in [1.29, 1.82) is 5.26 Å². The van der Waals surface area contributed by atoms with Crippen molar-refractivity contribution in [1.82, 2.24) is 0 Å². The molecule has 1 heterocycles. The van der Waals surface area contributed by atoms with Crippen LogP contribution in [0.5, 0.6) is 23.0 Å². The van der Waals surface area contributed by atoms with Crippen molar-refractivity contribution in [2.24, 2.45) is 17.6 Å². The minimum absolute atomic E-state index is 0.0206. The number of nitrogens with two attached hydrogens (primary N) is 1. The maximum absolute atomic E-state index is 13.0. The van der Waals surface area contributed by atoms with Gasteiger partial charge in [0.25, 0.3) is 0 Å². The lowest BCUT2D eigenvalue weighted by Crippen LogP contribution is -2.26. The summed E-state index contributed by atoms with van der Waals surface area (Å²) in [6.07, 6.45) is 7.59. The number of carbonyl (C=O) groups excluding carboxylic acids is 1. The number of hydrogen-bond acceptors (Lipinski definition) is 7. The van der Waals surface area contributed by atoms with Gasteiger partial charge in [-0.3, -0.25) is 4.79 Å². The summed E-state index contributed by atoms with van der Waals surface area (Å²) in [7, 11) is 1.58. The second kappa shape index (κ2) is 13.5. The summed E-state index contributed by atoms with van der Waals surface area (Å²) >= 11 is 0. The molecular formula is C35H38N2O5. The molecule has 1 atom stereocenters. The molecule has 1 fully saturated rings. The Bertz CT molecular complexity index is 1470. The van der Waals surface area contributed by atoms with Gasteiger partial charge in [-0.15, -0.1) is 0 Å². The third-order valence-electron chi connectivity index (χ3n) is 8.31. The van der Waals surface area contributed by atoms with Crippen LogP contribution in [0.15, 0.2) is 78.2 Å². The van der Waals surface area contributed by atoms with Gasteiger partial charge < -0.3 is 24.7 Å². The standard InChI is InChI=1S/C35H38N2O5/c1-3-4-8-23-11-13-25(14-12-23)35(38)41-27-16-17-28-31(20-27)42-34(37)29(21-36)33(28)26-15-18-30(32(19-26)39-2)40-22-24-9-6-5-7-10-24/h5-7,9-10,15-20,23,25,33H,3-4,8,11-14,22,37H2,1-2H3. The molecule has 0 amide bonds. The number of rotatable bonds is 10. The van der Waals surface area contributed by atoms with Crippen molar-refractivity contribution < 1.29 is 23.7 Å². The minimum Gasteiger partial charge on any atom is -0.493 e. The van der Waals surface area contributed by atoms with Gasteiger partial charge in [0, 0.05) is 11.6 Å². The Morgan fingerprint density at radius 1 is 1.02 bits per heavy atom. The second-order valence-corrected chi connectivity index (χ2v) is 11.1. The van der Waals surface area contributed by atoms with E-state index in [9.17, 15) is 10.1 Å². The zero-order chi connectivity index (χ0) is 29.5. The summed E-state index contributed by atoms with van der Waals surface area (Å²) in [6.45, 7) is 2.61. The number of fused-ring (bicyclic) bond motifs is 1. The maximum Gasteiger partial charge on any atom is 0.314 e. The number of benzene rings is 3. The number of methoxy groups -OCH3 is 1. The predicted molar refractivity (Wildman–Crippen MR) is 160 cm³/mol. The van der Waals surface area contributed by atoms with Crippen LogP contribution in [0.3, 0.4) is 0 Å². The van der Waals surface area contributed by atoms with E-state index in [0.29, 0.717) is 35.2 Å². The quantitative estimate of drug-likeness (QED) is 0.201. The fraction of sp³-hybridized carbons (Fsp3) is 0.371. The molecule has 7 heteroatoms. The summed E-state index contributed by atoms with van der Waals surface area (Å²) in [5, 5.41) is 10.0. The molecule has 0 spiro atoms. The average Bonchev–Trinajstić information content (AvgIpc) is 3.02. The van der Waals surface area contributed by atoms with E-state index in [1.54, 1.807) is 19.2 Å². The lowest BCUT2D eigenvalue weighted by Gasteiger charge is -2.28. The molecule has 0 bridgehead atoms. The van der Waals surface area contributed by atoms with Gasteiger partial charge in [-0.25, -0.2) is 0 Å². The fourth-order valence-corrected chi connectivity index (χ4v) is 5.94. The number of carbonyl (C=O) groups is 1. The maximum atomic E-state index is 13.0. The third kappa shape index (κ3) is 6.54. The first kappa shape index (κ1) is 29.1. The Balaban J connectivity index is 1.33. The molecule has 0 radical (unpaired) electrons. The summed E-state index contributed by atoms with van der Waals surface area (Å²) in [5.74, 6) is 1.96. The molecule has 3 aromatic rings. The van der Waals surface area contributed by atoms with Gasteiger partial charge in [0.1, 0.15) is 29.7 Å². The number of ether oxygens (including phenoxy) is 4. The van der Waals surface area contributed by atoms with Gasteiger partial charge in [0.15, 0.2) is 11.5 Å². The molecule has 42 heavy (non-hydrogen) atoms. The van der Waals surface area contributed by atoms with Crippen molar-refractivity contribution in [3.8, 4) is 29.1 Å². The third-order valence-corrected chi connectivity index (χ3v) is 8.31. The number of hydrogen-bond donors (Lipinski definition) is 1. The summed E-state index contributed by atoms with van der Waals surface area (Å²) < 4.78 is 23.3. The van der Waals surface area contributed by atoms with E-state index in [0.717, 1.165) is 48.3 Å². The van der Waals surface area contributed by atoms with Gasteiger partial charge in [-0.2, -0.15) is 5.26 Å². The SMILES string of the molecule is CCCCC1CCC(C(=O)Oc2ccc3c(c2)OC(N)=C(C#N)C3c2ccc(OCc3ccccc3)c(OC)c2)CC1. The van der Waals surface area contributed by atoms with Crippen LogP contribution in [0.4, 0.5) is 0 Å². The van der Waals surface area contributed by atoms with E-state index >= 15 is 0 Å². The van der Waals surface area contributed by atoms with Crippen LogP contribution >= 0.6 is 0 Å². The van der Waals surface area contributed by atoms with Crippen LogP contribution < -0.4 is 24.7 Å². The highest BCUT2D eigenvalue weighted by atomic mass is 16.5. The molecule has 2 aliphatic rings. The van der Waals surface area contributed by atoms with Crippen LogP contribution in [-0.4, -0.2) is 13.1 Å². The summed E-state index contributed by atoms with van der Waals surface area (Å²) in [5.41, 5.74) is 9.12. The molecule has 0 aromatic heterocycles. The molecule has 2 N–H and O–H groups in total. The number of unbranched alkanes of at least 4 members (excludes halogenated alkanes) is 1. The van der Waals surface area contributed by atoms with Gasteiger partial charge in [-0.05, 0) is 60.9 Å². The van der Waals surface area contributed by atoms with Crippen molar-refractivity contribution in [2.45, 2.75) is 64.4 Å². The normalized spacial score (nSPS) is 19.7. The van der Waals surface area contributed by atoms with Crippen molar-refractivity contribution in [3.63, 3.8) is 0 Å². The van der Waals surface area contributed by atoms with Crippen LogP contribution in [0, 0.1) is 23.2 Å². The number of esters is 1. The highest BCUT2D eigenvalue weighted by Crippen LogP contribution is 2.45. The molecule has 7 nitrogen and oxygen atoms in total. The Kier molecular flexibility index (Phi) is 9.33. The lowest BCUT2D eigenvalue weighted by molar-refractivity contribution is -0.140. The molecule has 1 saturated carbocycles. The summed E-state index contributed by atoms with van der Waals surface area (Å²) in [4.78, 5) is 13.0. The highest BCUT2D eigenvalue weighted by Gasteiger charge is 2.32. The summed E-state index contributed by atoms with van der Waals surface area (Å²) in [6, 6.07) is 23.0. The number of allylic oxidation sites excluding steroid dienone is 1. The first-order chi connectivity index (χ1) is 20.5. The lowest BCUT2D eigenvalue weighted by atomic mass is 9.80. The zero-order valence-corrected chi connectivity index (χ0v) is 24.3. The van der Waals surface area contributed by atoms with E-state index in [2.05, 4.69) is 13.0 Å². The Morgan fingerprint density at radius 3 is 2.52 bits per heavy atom. The Labute approximate surface area is 247 Å². The molecule has 5 rings (SSSR count). The van der Waals surface area contributed by atoms with E-state index in [1.165, 1.54) is 19.3 Å². The first-order valence-electron chi connectivity index (χ1n) is 14.8. The predicted octanol–water partition coefficient (Wildman–Crippen LogP) is 7.39. The van der Waals surface area contributed by atoms with Crippen LogP contribution in [-0.2, 0) is 11.4 Å². The average molecular weight is 567 g/mol. The smallest absolute Gasteiger partial charge is 0.314 e. The molecule has 3 aromatic carbocycles. The van der Waals surface area contributed by atoms with Gasteiger partial charge in [0.2, 0.25) is 5.88 Å². The van der Waals surface area contributed by atoms with Crippen molar-refractivity contribution in [3.05, 3.63) is 94.9 Å². The fourth-order valence-electron chi connectivity index (χ4n) is 5.94. The topological polar surface area (TPSA) is 104 Å². The van der Waals surface area contributed by atoms with E-state index in [4.69, 9.17) is 24.7 Å². The largest absolute Gasteiger partial charge is 0.493 e. The van der Waals surface area contributed by atoms with Gasteiger partial charge in [0.05, 0.1) is 18.9 Å². The van der Waals surface area contributed by atoms with Crippen LogP contribution in [0.2, 0.25) is 0 Å². The van der Waals surface area contributed by atoms with Crippen LogP contribution in [0.25, 0.3) is 0 Å². The second-order valence-electron chi connectivity index (χ2n) is 11.1.